The number of furan rings is 1. The number of nitrogens with zero attached hydrogens (tertiary/aromatic N) is 1. The van der Waals surface area contributed by atoms with Gasteiger partial charge in [0.1, 0.15) is 7.04 Å². The van der Waals surface area contributed by atoms with E-state index in [0.717, 1.165) is 0 Å². The molecule has 0 fully saturated rings. The third-order valence-electron chi connectivity index (χ3n) is 1.09. The van der Waals surface area contributed by atoms with Gasteiger partial charge in [0.05, 0.1) is 10.4 Å². The van der Waals surface area contributed by atoms with E-state index in [9.17, 15) is 4.79 Å². The van der Waals surface area contributed by atoms with E-state index in [0.29, 0.717) is 0 Å². The van der Waals surface area contributed by atoms with Crippen molar-refractivity contribution in [3.05, 3.63) is 24.2 Å². The molecule has 0 atom stereocenters. The molecule has 0 aliphatic rings. The normalized spacial score (nSPS) is 16.0. The van der Waals surface area contributed by atoms with Crippen LogP contribution in [0, 0.1) is 0 Å². The van der Waals surface area contributed by atoms with E-state index in [-0.39, 0.29) is 5.76 Å². The average molecular weight is 172 g/mol. The van der Waals surface area contributed by atoms with E-state index in [2.05, 4.69) is 9.99 Å². The molecular formula is C7H7NO4. The van der Waals surface area contributed by atoms with Gasteiger partial charge in [-0.2, -0.15) is 0 Å². The molecule has 0 aliphatic carbocycles. The third-order valence-corrected chi connectivity index (χ3v) is 1.09. The van der Waals surface area contributed by atoms with E-state index >= 15 is 0 Å². The Hall–Kier alpha value is -1.78. The summed E-state index contributed by atoms with van der Waals surface area (Å²) in [6, 6.07) is 2.78. The zero-order valence-corrected chi connectivity index (χ0v) is 5.85. The molecular weight excluding hydrogens is 162 g/mol. The lowest BCUT2D eigenvalue weighted by Gasteiger charge is -1.94. The lowest BCUT2D eigenvalue weighted by Crippen LogP contribution is -2.13. The zero-order valence-electron chi connectivity index (χ0n) is 8.85. The highest BCUT2D eigenvalue weighted by Crippen LogP contribution is 2.02. The minimum Gasteiger partial charge on any atom is -0.476 e. The number of hydrogen-bond acceptors (Lipinski definition) is 4. The van der Waals surface area contributed by atoms with Crippen molar-refractivity contribution in [2.24, 2.45) is 5.16 Å². The molecule has 0 aromatic carbocycles. The molecule has 1 N–H and O–H groups in total. The summed E-state index contributed by atoms with van der Waals surface area (Å²) in [6.07, 6.45) is 1.24. The van der Waals surface area contributed by atoms with Crippen LogP contribution in [0.2, 0.25) is 0 Å². The Morgan fingerprint density at radius 2 is 2.75 bits per heavy atom. The minimum atomic E-state index is -2.78. The van der Waals surface area contributed by atoms with Crippen LogP contribution in [0.3, 0.4) is 0 Å². The molecule has 0 amide bonds. The summed E-state index contributed by atoms with van der Waals surface area (Å²) in [5, 5.41) is 11.7. The number of aliphatic carboxylic acids is 1. The smallest absolute Gasteiger partial charge is 0.361 e. The first kappa shape index (κ1) is 4.97. The maximum Gasteiger partial charge on any atom is 0.361 e. The van der Waals surface area contributed by atoms with Crippen LogP contribution >= 0.6 is 0 Å². The van der Waals surface area contributed by atoms with E-state index in [1.165, 1.54) is 18.4 Å². The fraction of sp³-hybridized carbons (Fsp3) is 0.143. The Bertz CT molecular complexity index is 368. The van der Waals surface area contributed by atoms with Gasteiger partial charge in [-0.05, 0) is 12.1 Å². The number of carbonyl (C=O) groups is 1. The number of oxime groups is 1. The second kappa shape index (κ2) is 3.56. The van der Waals surface area contributed by atoms with Gasteiger partial charge >= 0.3 is 5.97 Å². The topological polar surface area (TPSA) is 72.0 Å². The standard InChI is InChI=1S/C7H7NO4/c1-11-8-6(7(9)10)5-3-2-4-12-5/h2-4H,1H3,(H,9,10)/i1D3. The Morgan fingerprint density at radius 1 is 1.92 bits per heavy atom. The van der Waals surface area contributed by atoms with Gasteiger partial charge in [-0.15, -0.1) is 0 Å². The predicted octanol–water partition coefficient (Wildman–Crippen LogP) is 0.715. The third kappa shape index (κ3) is 1.63. The second-order valence-electron chi connectivity index (χ2n) is 1.81. The molecule has 0 unspecified atom stereocenters. The molecule has 0 bridgehead atoms. The summed E-state index contributed by atoms with van der Waals surface area (Å²) in [7, 11) is -2.78. The van der Waals surface area contributed by atoms with Crippen LogP contribution in [-0.4, -0.2) is 23.8 Å². The second-order valence-corrected chi connectivity index (χ2v) is 1.81. The number of hydrogen-bond donors (Lipinski definition) is 1. The maximum atomic E-state index is 10.7. The van der Waals surface area contributed by atoms with Gasteiger partial charge in [0, 0.05) is 0 Å². The fourth-order valence-electron chi connectivity index (χ4n) is 0.648. The molecule has 1 aromatic heterocycles. The van der Waals surface area contributed by atoms with Crippen LogP contribution in [0.25, 0.3) is 0 Å². The first-order valence-corrected chi connectivity index (χ1v) is 2.93. The fourth-order valence-corrected chi connectivity index (χ4v) is 0.648. The SMILES string of the molecule is [2H]C([2H])([2H])ON=C(C(=O)O)c1ccco1. The molecule has 5 heteroatoms. The van der Waals surface area contributed by atoms with E-state index in [1.54, 1.807) is 0 Å². The summed E-state index contributed by atoms with van der Waals surface area (Å²) in [5.41, 5.74) is -0.601. The lowest BCUT2D eigenvalue weighted by atomic mass is 10.3. The molecule has 1 aromatic rings. The molecule has 12 heavy (non-hydrogen) atoms. The highest BCUT2D eigenvalue weighted by molar-refractivity contribution is 6.41. The molecule has 0 aliphatic heterocycles. The first-order chi connectivity index (χ1) is 6.90. The Balaban J connectivity index is 2.90. The van der Waals surface area contributed by atoms with Crippen molar-refractivity contribution in [3.8, 4) is 0 Å². The van der Waals surface area contributed by atoms with Gasteiger partial charge < -0.3 is 14.4 Å². The summed E-state index contributed by atoms with van der Waals surface area (Å²) >= 11 is 0. The van der Waals surface area contributed by atoms with E-state index < -0.39 is 18.7 Å². The van der Waals surface area contributed by atoms with Crippen molar-refractivity contribution in [3.63, 3.8) is 0 Å². The van der Waals surface area contributed by atoms with Crippen LogP contribution < -0.4 is 0 Å². The summed E-state index contributed by atoms with van der Waals surface area (Å²) < 4.78 is 24.8. The van der Waals surface area contributed by atoms with Crippen LogP contribution in [0.1, 0.15) is 9.87 Å². The molecule has 0 saturated carbocycles. The van der Waals surface area contributed by atoms with Crippen molar-refractivity contribution in [2.75, 3.05) is 7.04 Å². The number of rotatable bonds is 3. The molecule has 1 heterocycles. The largest absolute Gasteiger partial charge is 0.476 e. The maximum absolute atomic E-state index is 10.7. The van der Waals surface area contributed by atoms with Gasteiger partial charge in [0.2, 0.25) is 5.71 Å². The van der Waals surface area contributed by atoms with E-state index in [1.807, 2.05) is 0 Å². The molecule has 1 rings (SSSR count). The van der Waals surface area contributed by atoms with Crippen molar-refractivity contribution in [1.82, 2.24) is 0 Å². The van der Waals surface area contributed by atoms with Crippen molar-refractivity contribution >= 4 is 11.7 Å². The lowest BCUT2D eigenvalue weighted by molar-refractivity contribution is -0.129. The molecule has 64 valence electrons. The van der Waals surface area contributed by atoms with Crippen LogP contribution in [0.4, 0.5) is 0 Å². The van der Waals surface area contributed by atoms with Crippen molar-refractivity contribution in [1.29, 1.82) is 0 Å². The van der Waals surface area contributed by atoms with Crippen molar-refractivity contribution in [2.45, 2.75) is 0 Å². The number of carboxylic acids is 1. The molecule has 0 spiro atoms. The summed E-state index contributed by atoms with van der Waals surface area (Å²) in [5.74, 6) is -1.51. The monoisotopic (exact) mass is 172 g/mol. The highest BCUT2D eigenvalue weighted by atomic mass is 16.6. The zero-order chi connectivity index (χ0) is 11.5. The average Bonchev–Trinajstić information content (AvgIpc) is 2.54. The summed E-state index contributed by atoms with van der Waals surface area (Å²) in [4.78, 5) is 14.7. The van der Waals surface area contributed by atoms with Crippen LogP contribution in [-0.2, 0) is 9.63 Å². The predicted molar refractivity (Wildman–Crippen MR) is 39.9 cm³/mol. The Kier molecular flexibility index (Phi) is 1.48. The highest BCUT2D eigenvalue weighted by Gasteiger charge is 2.15. The molecule has 5 nitrogen and oxygen atoms in total. The molecule has 0 radical (unpaired) electrons. The van der Waals surface area contributed by atoms with Crippen molar-refractivity contribution < 1.29 is 23.3 Å². The van der Waals surface area contributed by atoms with Crippen LogP contribution in [0.5, 0.6) is 0 Å². The Labute approximate surface area is 72.5 Å². The van der Waals surface area contributed by atoms with Gasteiger partial charge in [-0.1, -0.05) is 5.16 Å². The minimum absolute atomic E-state index is 0.0771. The van der Waals surface area contributed by atoms with Gasteiger partial charge in [-0.3, -0.25) is 0 Å². The van der Waals surface area contributed by atoms with Gasteiger partial charge in [0.15, 0.2) is 5.76 Å². The Morgan fingerprint density at radius 3 is 3.25 bits per heavy atom. The molecule has 0 saturated heterocycles. The van der Waals surface area contributed by atoms with Gasteiger partial charge in [-0.25, -0.2) is 4.79 Å². The number of carboxylic acid groups (broad SMARTS) is 1. The summed E-state index contributed by atoms with van der Waals surface area (Å²) in [6.45, 7) is 0. The van der Waals surface area contributed by atoms with Crippen LogP contribution in [0.15, 0.2) is 28.0 Å². The van der Waals surface area contributed by atoms with E-state index in [4.69, 9.17) is 13.6 Å². The first-order valence-electron chi connectivity index (χ1n) is 4.43. The quantitative estimate of drug-likeness (QED) is 0.538. The van der Waals surface area contributed by atoms with Gasteiger partial charge in [0.25, 0.3) is 0 Å².